The zero-order valence-corrected chi connectivity index (χ0v) is 15.0. The van der Waals surface area contributed by atoms with Crippen LogP contribution >= 0.6 is 0 Å². The van der Waals surface area contributed by atoms with E-state index in [-0.39, 0.29) is 5.91 Å². The van der Waals surface area contributed by atoms with Gasteiger partial charge >= 0.3 is 0 Å². The molecule has 0 radical (unpaired) electrons. The van der Waals surface area contributed by atoms with Crippen molar-refractivity contribution in [3.8, 4) is 22.8 Å². The van der Waals surface area contributed by atoms with E-state index in [2.05, 4.69) is 27.4 Å². The van der Waals surface area contributed by atoms with E-state index in [1.54, 1.807) is 12.1 Å². The van der Waals surface area contributed by atoms with Gasteiger partial charge in [-0.3, -0.25) is 9.89 Å². The fourth-order valence-corrected chi connectivity index (χ4v) is 2.92. The molecule has 4 rings (SSSR count). The molecular weight excluding hydrogens is 344 g/mol. The van der Waals surface area contributed by atoms with E-state index in [9.17, 15) is 4.79 Å². The van der Waals surface area contributed by atoms with Crippen LogP contribution in [0.5, 0.6) is 11.5 Å². The first-order valence-corrected chi connectivity index (χ1v) is 8.95. The Labute approximate surface area is 156 Å². The van der Waals surface area contributed by atoms with Crippen LogP contribution in [-0.4, -0.2) is 34.3 Å². The molecule has 1 aliphatic heterocycles. The average molecular weight is 364 g/mol. The summed E-state index contributed by atoms with van der Waals surface area (Å²) < 4.78 is 11.2. The number of carbonyl (C=O) groups is 1. The van der Waals surface area contributed by atoms with E-state index >= 15 is 0 Å². The monoisotopic (exact) mass is 364 g/mol. The number of aromatic nitrogens is 3. The van der Waals surface area contributed by atoms with Crippen molar-refractivity contribution in [3.63, 3.8) is 0 Å². The van der Waals surface area contributed by atoms with Crippen molar-refractivity contribution in [2.45, 2.75) is 19.8 Å². The molecule has 27 heavy (non-hydrogen) atoms. The zero-order chi connectivity index (χ0) is 18.6. The Morgan fingerprint density at radius 2 is 2.00 bits per heavy atom. The summed E-state index contributed by atoms with van der Waals surface area (Å²) in [5.41, 5.74) is 2.92. The van der Waals surface area contributed by atoms with Gasteiger partial charge in [-0.05, 0) is 42.8 Å². The van der Waals surface area contributed by atoms with Crippen LogP contribution in [0.4, 0.5) is 5.82 Å². The molecule has 0 saturated carbocycles. The van der Waals surface area contributed by atoms with Gasteiger partial charge in [0.2, 0.25) is 0 Å². The van der Waals surface area contributed by atoms with E-state index in [1.165, 1.54) is 0 Å². The van der Waals surface area contributed by atoms with Crippen LogP contribution in [0.25, 0.3) is 11.3 Å². The topological polar surface area (TPSA) is 89.1 Å². The van der Waals surface area contributed by atoms with Crippen molar-refractivity contribution in [3.05, 3.63) is 53.9 Å². The highest BCUT2D eigenvalue weighted by Crippen LogP contribution is 2.34. The number of ether oxygens (including phenoxy) is 2. The summed E-state index contributed by atoms with van der Waals surface area (Å²) in [7, 11) is 0. The third kappa shape index (κ3) is 3.76. The fraction of sp³-hybridized carbons (Fsp3) is 0.250. The number of rotatable bonds is 5. The third-order valence-electron chi connectivity index (χ3n) is 4.21. The van der Waals surface area contributed by atoms with Gasteiger partial charge in [0.25, 0.3) is 5.91 Å². The number of carbonyl (C=O) groups excluding carboxylic acids is 1. The van der Waals surface area contributed by atoms with Gasteiger partial charge in [0.1, 0.15) is 19.0 Å². The molecule has 1 aliphatic rings. The number of pyridine rings is 1. The molecule has 0 aliphatic carbocycles. The van der Waals surface area contributed by atoms with Crippen molar-refractivity contribution in [2.24, 2.45) is 0 Å². The highest BCUT2D eigenvalue weighted by molar-refractivity contribution is 6.02. The smallest absolute Gasteiger partial charge is 0.277 e. The molecule has 1 aromatic carbocycles. The van der Waals surface area contributed by atoms with Crippen LogP contribution in [0.3, 0.4) is 0 Å². The Kier molecular flexibility index (Phi) is 4.74. The second-order valence-electron chi connectivity index (χ2n) is 6.25. The van der Waals surface area contributed by atoms with Gasteiger partial charge in [0, 0.05) is 11.3 Å². The van der Waals surface area contributed by atoms with Gasteiger partial charge < -0.3 is 14.8 Å². The molecule has 3 heterocycles. The molecule has 3 aromatic rings. The number of aromatic amines is 1. The number of benzene rings is 1. The number of fused-ring (bicyclic) bond motifs is 1. The van der Waals surface area contributed by atoms with Crippen LogP contribution in [0.15, 0.2) is 42.5 Å². The average Bonchev–Trinajstić information content (AvgIpc) is 3.17. The molecule has 7 nitrogen and oxygen atoms in total. The summed E-state index contributed by atoms with van der Waals surface area (Å²) in [5, 5.41) is 9.74. The summed E-state index contributed by atoms with van der Waals surface area (Å²) in [6.45, 7) is 3.16. The number of anilines is 1. The van der Waals surface area contributed by atoms with Crippen LogP contribution in [-0.2, 0) is 6.42 Å². The summed E-state index contributed by atoms with van der Waals surface area (Å²) in [4.78, 5) is 16.9. The lowest BCUT2D eigenvalue weighted by Crippen LogP contribution is -2.15. The van der Waals surface area contributed by atoms with Crippen molar-refractivity contribution in [2.75, 3.05) is 18.5 Å². The van der Waals surface area contributed by atoms with E-state index in [4.69, 9.17) is 9.47 Å². The minimum atomic E-state index is -0.291. The largest absolute Gasteiger partial charge is 0.486 e. The van der Waals surface area contributed by atoms with Gasteiger partial charge in [-0.25, -0.2) is 4.98 Å². The number of amides is 1. The van der Waals surface area contributed by atoms with Crippen LogP contribution in [0.1, 0.15) is 29.5 Å². The molecule has 0 saturated heterocycles. The summed E-state index contributed by atoms with van der Waals surface area (Å²) >= 11 is 0. The number of hydrogen-bond acceptors (Lipinski definition) is 5. The molecule has 0 fully saturated rings. The van der Waals surface area contributed by atoms with Gasteiger partial charge in [0.15, 0.2) is 17.2 Å². The maximum atomic E-state index is 12.4. The van der Waals surface area contributed by atoms with Crippen LogP contribution in [0.2, 0.25) is 0 Å². The molecule has 0 unspecified atom stereocenters. The second kappa shape index (κ2) is 7.49. The summed E-state index contributed by atoms with van der Waals surface area (Å²) in [5.74, 6) is 1.61. The summed E-state index contributed by atoms with van der Waals surface area (Å²) in [6.07, 6.45) is 1.85. The lowest BCUT2D eigenvalue weighted by Gasteiger charge is -2.18. The highest BCUT2D eigenvalue weighted by Gasteiger charge is 2.14. The Morgan fingerprint density at radius 3 is 2.85 bits per heavy atom. The van der Waals surface area contributed by atoms with E-state index < -0.39 is 0 Å². The van der Waals surface area contributed by atoms with Crippen molar-refractivity contribution < 1.29 is 14.3 Å². The summed E-state index contributed by atoms with van der Waals surface area (Å²) in [6, 6.07) is 12.9. The molecule has 0 atom stereocenters. The lowest BCUT2D eigenvalue weighted by atomic mass is 10.1. The van der Waals surface area contributed by atoms with Crippen molar-refractivity contribution in [1.29, 1.82) is 0 Å². The van der Waals surface area contributed by atoms with Gasteiger partial charge in [-0.15, -0.1) is 0 Å². The second-order valence-corrected chi connectivity index (χ2v) is 6.25. The molecule has 7 heteroatoms. The van der Waals surface area contributed by atoms with Gasteiger partial charge in [-0.1, -0.05) is 19.4 Å². The molecule has 2 N–H and O–H groups in total. The predicted octanol–water partition coefficient (Wildman–Crippen LogP) is 3.45. The Balaban J connectivity index is 1.53. The molecular formula is C20H20N4O3. The van der Waals surface area contributed by atoms with Crippen molar-refractivity contribution >= 4 is 11.7 Å². The first-order chi connectivity index (χ1) is 13.2. The maximum absolute atomic E-state index is 12.4. The van der Waals surface area contributed by atoms with Gasteiger partial charge in [0.05, 0.1) is 5.69 Å². The van der Waals surface area contributed by atoms with Crippen LogP contribution < -0.4 is 14.8 Å². The Bertz CT molecular complexity index is 967. The molecule has 0 spiro atoms. The lowest BCUT2D eigenvalue weighted by molar-refractivity contribution is 0.102. The number of H-pyrrole nitrogens is 1. The fourth-order valence-electron chi connectivity index (χ4n) is 2.92. The maximum Gasteiger partial charge on any atom is 0.277 e. The Hall–Kier alpha value is -3.35. The minimum Gasteiger partial charge on any atom is -0.486 e. The number of nitrogens with zero attached hydrogens (tertiary/aromatic N) is 2. The van der Waals surface area contributed by atoms with E-state index in [0.29, 0.717) is 30.5 Å². The molecule has 138 valence electrons. The number of hydrogen-bond donors (Lipinski definition) is 2. The first-order valence-electron chi connectivity index (χ1n) is 8.95. The van der Waals surface area contributed by atoms with E-state index in [0.717, 1.165) is 35.5 Å². The SMILES string of the molecule is CCCc1cc(C(=O)Nc2cccc(-c3ccc4c(c3)OCCO4)n2)n[nH]1. The highest BCUT2D eigenvalue weighted by atomic mass is 16.6. The van der Waals surface area contributed by atoms with Crippen LogP contribution in [0, 0.1) is 0 Å². The molecule has 0 bridgehead atoms. The van der Waals surface area contributed by atoms with Crippen molar-refractivity contribution in [1.82, 2.24) is 15.2 Å². The standard InChI is InChI=1S/C20H20N4O3/c1-2-4-14-12-16(24-23-14)20(25)22-19-6-3-5-15(21-19)13-7-8-17-18(11-13)27-10-9-26-17/h3,5-8,11-12H,2,4,9-10H2,1H3,(H,23,24)(H,21,22,25). The van der Waals surface area contributed by atoms with Gasteiger partial charge in [-0.2, -0.15) is 5.10 Å². The van der Waals surface area contributed by atoms with E-state index in [1.807, 2.05) is 30.3 Å². The minimum absolute atomic E-state index is 0.291. The number of nitrogens with one attached hydrogen (secondary N) is 2. The predicted molar refractivity (Wildman–Crippen MR) is 101 cm³/mol. The molecule has 1 amide bonds. The third-order valence-corrected chi connectivity index (χ3v) is 4.21. The quantitative estimate of drug-likeness (QED) is 0.724. The number of aryl methyl sites for hydroxylation is 1. The zero-order valence-electron chi connectivity index (χ0n) is 15.0. The first kappa shape index (κ1) is 17.1. The Morgan fingerprint density at radius 1 is 1.15 bits per heavy atom. The normalized spacial score (nSPS) is 12.6. The molecule has 2 aromatic heterocycles.